The summed E-state index contributed by atoms with van der Waals surface area (Å²) < 4.78 is 6.55. The fourth-order valence-electron chi connectivity index (χ4n) is 2.97. The smallest absolute Gasteiger partial charge is 0.294 e. The van der Waals surface area contributed by atoms with Crippen LogP contribution in [-0.4, -0.2) is 34.0 Å². The number of H-pyrrole nitrogens is 1. The minimum atomic E-state index is -0.240. The summed E-state index contributed by atoms with van der Waals surface area (Å²) in [5.41, 5.74) is 7.23. The van der Waals surface area contributed by atoms with Crippen LogP contribution < -0.4 is 11.3 Å². The molecule has 1 aliphatic rings. The van der Waals surface area contributed by atoms with Crippen molar-refractivity contribution in [3.8, 4) is 0 Å². The number of nitrogens with two attached hydrogens (primary N) is 1. The standard InChI is InChI=1S/C15H15BrN4O2.ClH/c16-8-1-2-11-10(5-8)13-14(22-11)15(21)19-12(18-13)7-20-4-3-9(17)6-20;/h1-2,5,9H,3-4,6-7,17H2,(H,18,19,21);1H. The van der Waals surface area contributed by atoms with Gasteiger partial charge in [-0.2, -0.15) is 0 Å². The number of nitrogens with zero attached hydrogens (tertiary/aromatic N) is 2. The maximum Gasteiger partial charge on any atom is 0.294 e. The van der Waals surface area contributed by atoms with Crippen LogP contribution in [0.1, 0.15) is 12.2 Å². The number of rotatable bonds is 2. The van der Waals surface area contributed by atoms with Crippen molar-refractivity contribution in [2.75, 3.05) is 13.1 Å². The van der Waals surface area contributed by atoms with Crippen molar-refractivity contribution in [1.82, 2.24) is 14.9 Å². The number of likely N-dealkylation sites (tertiary alicyclic amines) is 1. The Morgan fingerprint density at radius 1 is 1.48 bits per heavy atom. The second kappa shape index (κ2) is 6.24. The molecule has 0 radical (unpaired) electrons. The summed E-state index contributed by atoms with van der Waals surface area (Å²) in [7, 11) is 0. The maximum atomic E-state index is 12.2. The Labute approximate surface area is 146 Å². The van der Waals surface area contributed by atoms with Gasteiger partial charge in [0.25, 0.3) is 5.56 Å². The zero-order chi connectivity index (χ0) is 15.3. The highest BCUT2D eigenvalue weighted by atomic mass is 79.9. The highest BCUT2D eigenvalue weighted by Gasteiger charge is 2.21. The normalized spacial score (nSPS) is 18.6. The maximum absolute atomic E-state index is 12.2. The number of nitrogens with one attached hydrogen (secondary N) is 1. The summed E-state index contributed by atoms with van der Waals surface area (Å²) in [5.74, 6) is 0.647. The minimum absolute atomic E-state index is 0. The topological polar surface area (TPSA) is 88.2 Å². The average molecular weight is 400 g/mol. The number of furan rings is 1. The van der Waals surface area contributed by atoms with Crippen molar-refractivity contribution < 1.29 is 4.42 Å². The molecule has 23 heavy (non-hydrogen) atoms. The predicted octanol–water partition coefficient (Wildman–Crippen LogP) is 2.39. The highest BCUT2D eigenvalue weighted by molar-refractivity contribution is 9.10. The van der Waals surface area contributed by atoms with E-state index in [0.717, 1.165) is 29.4 Å². The Morgan fingerprint density at radius 2 is 2.30 bits per heavy atom. The van der Waals surface area contributed by atoms with E-state index in [1.54, 1.807) is 0 Å². The fraction of sp³-hybridized carbons (Fsp3) is 0.333. The van der Waals surface area contributed by atoms with Crippen LogP contribution in [0.15, 0.2) is 31.9 Å². The van der Waals surface area contributed by atoms with Gasteiger partial charge in [-0.25, -0.2) is 4.98 Å². The highest BCUT2D eigenvalue weighted by Crippen LogP contribution is 2.27. The quantitative estimate of drug-likeness (QED) is 0.691. The van der Waals surface area contributed by atoms with Gasteiger partial charge in [-0.3, -0.25) is 9.69 Å². The van der Waals surface area contributed by atoms with Crippen molar-refractivity contribution in [3.05, 3.63) is 38.9 Å². The third kappa shape index (κ3) is 3.01. The molecule has 0 saturated carbocycles. The lowest BCUT2D eigenvalue weighted by molar-refractivity contribution is 0.318. The zero-order valence-corrected chi connectivity index (χ0v) is 14.6. The van der Waals surface area contributed by atoms with Gasteiger partial charge < -0.3 is 15.1 Å². The van der Waals surface area contributed by atoms with Gasteiger partial charge in [0.05, 0.1) is 6.54 Å². The lowest BCUT2D eigenvalue weighted by Crippen LogP contribution is -2.27. The zero-order valence-electron chi connectivity index (χ0n) is 12.2. The van der Waals surface area contributed by atoms with E-state index in [1.807, 2.05) is 18.2 Å². The third-order valence-electron chi connectivity index (χ3n) is 4.02. The summed E-state index contributed by atoms with van der Waals surface area (Å²) >= 11 is 3.44. The molecule has 4 rings (SSSR count). The molecule has 1 atom stereocenters. The SMILES string of the molecule is Cl.NC1CCN(Cc2nc3c(oc4ccc(Br)cc43)c(=O)[nH]2)C1. The van der Waals surface area contributed by atoms with Gasteiger partial charge in [0.1, 0.15) is 16.9 Å². The molecule has 2 aromatic heterocycles. The molecule has 1 unspecified atom stereocenters. The number of aromatic amines is 1. The van der Waals surface area contributed by atoms with Gasteiger partial charge in [-0.05, 0) is 24.6 Å². The Kier molecular flexibility index (Phi) is 4.46. The summed E-state index contributed by atoms with van der Waals surface area (Å²) in [5, 5.41) is 0.842. The Bertz CT molecular complexity index is 923. The van der Waals surface area contributed by atoms with Gasteiger partial charge in [-0.15, -0.1) is 12.4 Å². The molecule has 3 N–H and O–H groups in total. The van der Waals surface area contributed by atoms with Crippen LogP contribution in [0.5, 0.6) is 0 Å². The van der Waals surface area contributed by atoms with Crippen LogP contribution in [0.4, 0.5) is 0 Å². The van der Waals surface area contributed by atoms with E-state index in [2.05, 4.69) is 30.8 Å². The van der Waals surface area contributed by atoms with E-state index in [0.29, 0.717) is 23.5 Å². The van der Waals surface area contributed by atoms with E-state index in [1.165, 1.54) is 0 Å². The summed E-state index contributed by atoms with van der Waals surface area (Å²) in [6.45, 7) is 2.36. The van der Waals surface area contributed by atoms with E-state index in [9.17, 15) is 4.79 Å². The van der Waals surface area contributed by atoms with Crippen LogP contribution in [0.2, 0.25) is 0 Å². The first kappa shape index (κ1) is 16.4. The first-order valence-electron chi connectivity index (χ1n) is 7.19. The summed E-state index contributed by atoms with van der Waals surface area (Å²) in [6.07, 6.45) is 0.980. The van der Waals surface area contributed by atoms with Crippen LogP contribution >= 0.6 is 28.3 Å². The molecular formula is C15H16BrClN4O2. The number of hydrogen-bond donors (Lipinski definition) is 2. The molecule has 3 heterocycles. The second-order valence-electron chi connectivity index (χ2n) is 5.72. The molecule has 0 bridgehead atoms. The molecule has 0 aliphatic carbocycles. The number of fused-ring (bicyclic) bond motifs is 3. The summed E-state index contributed by atoms with van der Waals surface area (Å²) in [4.78, 5) is 21.9. The van der Waals surface area contributed by atoms with Crippen molar-refractivity contribution in [1.29, 1.82) is 0 Å². The lowest BCUT2D eigenvalue weighted by atomic mass is 10.2. The minimum Gasteiger partial charge on any atom is -0.449 e. The fourth-order valence-corrected chi connectivity index (χ4v) is 3.33. The Morgan fingerprint density at radius 3 is 3.04 bits per heavy atom. The van der Waals surface area contributed by atoms with Crippen molar-refractivity contribution in [2.24, 2.45) is 5.73 Å². The van der Waals surface area contributed by atoms with Crippen LogP contribution in [0.3, 0.4) is 0 Å². The Hall–Kier alpha value is -1.41. The van der Waals surface area contributed by atoms with Gasteiger partial charge in [-0.1, -0.05) is 15.9 Å². The van der Waals surface area contributed by atoms with Crippen molar-refractivity contribution >= 4 is 50.4 Å². The predicted molar refractivity (Wildman–Crippen MR) is 95.0 cm³/mol. The number of hydrogen-bond acceptors (Lipinski definition) is 5. The van der Waals surface area contributed by atoms with E-state index < -0.39 is 0 Å². The summed E-state index contributed by atoms with van der Waals surface area (Å²) in [6, 6.07) is 5.84. The number of halogens is 2. The first-order chi connectivity index (χ1) is 10.6. The molecule has 8 heteroatoms. The second-order valence-corrected chi connectivity index (χ2v) is 6.63. The largest absolute Gasteiger partial charge is 0.449 e. The molecule has 3 aromatic rings. The van der Waals surface area contributed by atoms with E-state index in [4.69, 9.17) is 10.2 Å². The lowest BCUT2D eigenvalue weighted by Gasteiger charge is -2.13. The van der Waals surface area contributed by atoms with Gasteiger partial charge >= 0.3 is 0 Å². The van der Waals surface area contributed by atoms with Gasteiger partial charge in [0.2, 0.25) is 5.58 Å². The molecule has 122 valence electrons. The van der Waals surface area contributed by atoms with Gasteiger partial charge in [0, 0.05) is 29.0 Å². The van der Waals surface area contributed by atoms with Gasteiger partial charge in [0.15, 0.2) is 0 Å². The van der Waals surface area contributed by atoms with Crippen LogP contribution in [-0.2, 0) is 6.54 Å². The number of aromatic nitrogens is 2. The molecule has 1 fully saturated rings. The molecule has 0 amide bonds. The molecule has 1 aliphatic heterocycles. The van der Waals surface area contributed by atoms with Crippen molar-refractivity contribution in [2.45, 2.75) is 19.0 Å². The monoisotopic (exact) mass is 398 g/mol. The van der Waals surface area contributed by atoms with Crippen LogP contribution in [0, 0.1) is 0 Å². The van der Waals surface area contributed by atoms with E-state index >= 15 is 0 Å². The third-order valence-corrected chi connectivity index (χ3v) is 4.51. The molecule has 1 aromatic carbocycles. The molecule has 6 nitrogen and oxygen atoms in total. The Balaban J connectivity index is 0.00000156. The molecule has 1 saturated heterocycles. The first-order valence-corrected chi connectivity index (χ1v) is 7.98. The van der Waals surface area contributed by atoms with E-state index in [-0.39, 0.29) is 29.6 Å². The number of benzene rings is 1. The average Bonchev–Trinajstić information content (AvgIpc) is 3.03. The molecule has 0 spiro atoms. The van der Waals surface area contributed by atoms with Crippen molar-refractivity contribution in [3.63, 3.8) is 0 Å². The van der Waals surface area contributed by atoms with Crippen LogP contribution in [0.25, 0.3) is 22.1 Å². The molecular weight excluding hydrogens is 384 g/mol.